The second kappa shape index (κ2) is 8.29. The van der Waals surface area contributed by atoms with Gasteiger partial charge in [-0.25, -0.2) is 0 Å². The van der Waals surface area contributed by atoms with Crippen molar-refractivity contribution in [2.75, 3.05) is 26.2 Å². The van der Waals surface area contributed by atoms with Gasteiger partial charge in [0.25, 0.3) is 0 Å². The number of hydrogen-bond donors (Lipinski definition) is 1. The molecule has 0 aromatic heterocycles. The summed E-state index contributed by atoms with van der Waals surface area (Å²) in [6.45, 7) is 3.78. The van der Waals surface area contributed by atoms with Crippen LogP contribution in [0, 0.1) is 0 Å². The molecule has 1 aliphatic rings. The molecule has 1 saturated heterocycles. The van der Waals surface area contributed by atoms with Gasteiger partial charge in [-0.2, -0.15) is 8.78 Å². The molecule has 1 heterocycles. The maximum Gasteiger partial charge on any atom is 0.387 e. The van der Waals surface area contributed by atoms with Crippen molar-refractivity contribution in [3.05, 3.63) is 29.8 Å². The Morgan fingerprint density at radius 2 is 2.05 bits per heavy atom. The lowest BCUT2D eigenvalue weighted by molar-refractivity contribution is -0.0499. The molecule has 2 rings (SSSR count). The van der Waals surface area contributed by atoms with Gasteiger partial charge in [0.05, 0.1) is 0 Å². The van der Waals surface area contributed by atoms with Crippen LogP contribution < -0.4 is 10.1 Å². The van der Waals surface area contributed by atoms with Gasteiger partial charge < -0.3 is 15.0 Å². The fourth-order valence-corrected chi connectivity index (χ4v) is 2.71. The van der Waals surface area contributed by atoms with E-state index in [9.17, 15) is 8.78 Å². The van der Waals surface area contributed by atoms with Crippen LogP contribution in [0.1, 0.15) is 37.8 Å². The number of hydrogen-bond acceptors (Lipinski definition) is 3. The summed E-state index contributed by atoms with van der Waals surface area (Å²) in [6, 6.07) is 7.02. The third-order valence-electron chi connectivity index (χ3n) is 3.88. The zero-order valence-electron chi connectivity index (χ0n) is 12.5. The number of likely N-dealkylation sites (tertiary alicyclic amines) is 1. The number of benzene rings is 1. The van der Waals surface area contributed by atoms with Crippen LogP contribution in [0.15, 0.2) is 24.3 Å². The van der Waals surface area contributed by atoms with Gasteiger partial charge in [-0.15, -0.1) is 0 Å². The highest BCUT2D eigenvalue weighted by Gasteiger charge is 2.11. The lowest BCUT2D eigenvalue weighted by Crippen LogP contribution is -2.26. The minimum Gasteiger partial charge on any atom is -0.435 e. The normalized spacial score (nSPS) is 17.3. The van der Waals surface area contributed by atoms with Crippen molar-refractivity contribution >= 4 is 0 Å². The summed E-state index contributed by atoms with van der Waals surface area (Å²) < 4.78 is 28.8. The largest absolute Gasteiger partial charge is 0.435 e. The second-order valence-corrected chi connectivity index (χ2v) is 5.53. The molecule has 0 bridgehead atoms. The highest BCUT2D eigenvalue weighted by Crippen LogP contribution is 2.20. The van der Waals surface area contributed by atoms with E-state index in [1.807, 2.05) is 13.0 Å². The average Bonchev–Trinajstić information content (AvgIpc) is 2.96. The topological polar surface area (TPSA) is 24.5 Å². The van der Waals surface area contributed by atoms with E-state index in [0.29, 0.717) is 0 Å². The van der Waals surface area contributed by atoms with E-state index in [0.717, 1.165) is 25.1 Å². The van der Waals surface area contributed by atoms with Crippen LogP contribution >= 0.6 is 0 Å². The third-order valence-corrected chi connectivity index (χ3v) is 3.88. The van der Waals surface area contributed by atoms with Crippen molar-refractivity contribution in [2.45, 2.75) is 38.8 Å². The van der Waals surface area contributed by atoms with Crippen LogP contribution in [-0.2, 0) is 0 Å². The molecular weight excluding hydrogens is 274 g/mol. The SMILES string of the molecule is CC(NCCCN1CCCC1)c1cccc(OC(F)F)c1. The summed E-state index contributed by atoms with van der Waals surface area (Å²) in [5.74, 6) is 0.216. The molecule has 21 heavy (non-hydrogen) atoms. The van der Waals surface area contributed by atoms with Crippen molar-refractivity contribution in [1.82, 2.24) is 10.2 Å². The summed E-state index contributed by atoms with van der Waals surface area (Å²) in [5, 5.41) is 3.43. The van der Waals surface area contributed by atoms with E-state index in [4.69, 9.17) is 0 Å². The van der Waals surface area contributed by atoms with Crippen LogP contribution in [0.3, 0.4) is 0 Å². The van der Waals surface area contributed by atoms with E-state index >= 15 is 0 Å². The molecule has 0 saturated carbocycles. The zero-order chi connectivity index (χ0) is 15.1. The molecule has 1 N–H and O–H groups in total. The fraction of sp³-hybridized carbons (Fsp3) is 0.625. The van der Waals surface area contributed by atoms with Gasteiger partial charge >= 0.3 is 6.61 Å². The van der Waals surface area contributed by atoms with Crippen LogP contribution in [0.5, 0.6) is 5.75 Å². The van der Waals surface area contributed by atoms with Crippen molar-refractivity contribution in [3.63, 3.8) is 0 Å². The van der Waals surface area contributed by atoms with Crippen LogP contribution in [0.4, 0.5) is 8.78 Å². The van der Waals surface area contributed by atoms with Gasteiger partial charge in [0, 0.05) is 6.04 Å². The first-order valence-corrected chi connectivity index (χ1v) is 7.65. The molecule has 1 aliphatic heterocycles. The first-order chi connectivity index (χ1) is 10.1. The molecule has 118 valence electrons. The van der Waals surface area contributed by atoms with Gasteiger partial charge in [0.2, 0.25) is 0 Å². The summed E-state index contributed by atoms with van der Waals surface area (Å²) in [5.41, 5.74) is 0.967. The third kappa shape index (κ3) is 5.59. The van der Waals surface area contributed by atoms with Crippen molar-refractivity contribution in [1.29, 1.82) is 0 Å². The van der Waals surface area contributed by atoms with Crippen molar-refractivity contribution < 1.29 is 13.5 Å². The molecular formula is C16H24F2N2O. The van der Waals surface area contributed by atoms with E-state index < -0.39 is 6.61 Å². The number of nitrogens with zero attached hydrogens (tertiary/aromatic N) is 1. The van der Waals surface area contributed by atoms with Gasteiger partial charge in [-0.05, 0) is 70.1 Å². The Morgan fingerprint density at radius 1 is 1.29 bits per heavy atom. The maximum atomic E-state index is 12.2. The molecule has 3 nitrogen and oxygen atoms in total. The number of ether oxygens (including phenoxy) is 1. The monoisotopic (exact) mass is 298 g/mol. The smallest absolute Gasteiger partial charge is 0.387 e. The molecule has 0 aliphatic carbocycles. The van der Waals surface area contributed by atoms with Gasteiger partial charge in [0.15, 0.2) is 0 Å². The number of alkyl halides is 2. The van der Waals surface area contributed by atoms with Gasteiger partial charge in [-0.1, -0.05) is 12.1 Å². The second-order valence-electron chi connectivity index (χ2n) is 5.53. The minimum absolute atomic E-state index is 0.129. The Bertz CT molecular complexity index is 422. The van der Waals surface area contributed by atoms with E-state index in [-0.39, 0.29) is 11.8 Å². The molecule has 1 unspecified atom stereocenters. The molecule has 1 fully saturated rings. The predicted molar refractivity (Wildman–Crippen MR) is 79.8 cm³/mol. The molecule has 0 radical (unpaired) electrons. The molecule has 5 heteroatoms. The van der Waals surface area contributed by atoms with Gasteiger partial charge in [0.1, 0.15) is 5.75 Å². The maximum absolute atomic E-state index is 12.2. The Kier molecular flexibility index (Phi) is 6.39. The molecule has 1 aromatic rings. The number of nitrogens with one attached hydrogen (secondary N) is 1. The lowest BCUT2D eigenvalue weighted by Gasteiger charge is -2.18. The summed E-state index contributed by atoms with van der Waals surface area (Å²) in [7, 11) is 0. The Hall–Kier alpha value is -1.20. The van der Waals surface area contributed by atoms with Crippen molar-refractivity contribution in [3.8, 4) is 5.75 Å². The Balaban J connectivity index is 1.73. The quantitative estimate of drug-likeness (QED) is 0.744. The molecule has 0 amide bonds. The van der Waals surface area contributed by atoms with Gasteiger partial charge in [-0.3, -0.25) is 0 Å². The van der Waals surface area contributed by atoms with Crippen LogP contribution in [-0.4, -0.2) is 37.7 Å². The minimum atomic E-state index is -2.77. The highest BCUT2D eigenvalue weighted by molar-refractivity contribution is 5.30. The standard InChI is InChI=1S/C16H24F2N2O/c1-13(19-8-5-11-20-9-2-3-10-20)14-6-4-7-15(12-14)21-16(17)18/h4,6-7,12-13,16,19H,2-3,5,8-11H2,1H3. The molecule has 0 spiro atoms. The van der Waals surface area contributed by atoms with E-state index in [2.05, 4.69) is 15.0 Å². The zero-order valence-corrected chi connectivity index (χ0v) is 12.5. The molecule has 1 aromatic carbocycles. The van der Waals surface area contributed by atoms with Crippen LogP contribution in [0.25, 0.3) is 0 Å². The van der Waals surface area contributed by atoms with E-state index in [1.54, 1.807) is 18.2 Å². The summed E-state index contributed by atoms with van der Waals surface area (Å²) in [4.78, 5) is 2.49. The summed E-state index contributed by atoms with van der Waals surface area (Å²) in [6.07, 6.45) is 3.75. The van der Waals surface area contributed by atoms with Crippen molar-refractivity contribution in [2.24, 2.45) is 0 Å². The molecule has 1 atom stereocenters. The predicted octanol–water partition coefficient (Wildman–Crippen LogP) is 3.42. The lowest BCUT2D eigenvalue weighted by atomic mass is 10.1. The fourth-order valence-electron chi connectivity index (χ4n) is 2.71. The highest BCUT2D eigenvalue weighted by atomic mass is 19.3. The number of rotatable bonds is 8. The first kappa shape index (κ1) is 16.2. The average molecular weight is 298 g/mol. The summed E-state index contributed by atoms with van der Waals surface area (Å²) >= 11 is 0. The van der Waals surface area contributed by atoms with E-state index in [1.165, 1.54) is 25.9 Å². The Labute approximate surface area is 125 Å². The Morgan fingerprint density at radius 3 is 2.76 bits per heavy atom. The van der Waals surface area contributed by atoms with Crippen LogP contribution in [0.2, 0.25) is 0 Å². The first-order valence-electron chi connectivity index (χ1n) is 7.65. The number of halogens is 2.